The minimum Gasteiger partial charge on any atom is -0.491 e. The van der Waals surface area contributed by atoms with Gasteiger partial charge in [-0.2, -0.15) is 0 Å². The highest BCUT2D eigenvalue weighted by atomic mass is 32.2. The molecule has 0 saturated carbocycles. The van der Waals surface area contributed by atoms with Crippen molar-refractivity contribution in [2.45, 2.75) is 44.9 Å². The van der Waals surface area contributed by atoms with E-state index in [-0.39, 0.29) is 16.9 Å². The topological polar surface area (TPSA) is 80.6 Å². The minimum atomic E-state index is -3.54. The van der Waals surface area contributed by atoms with Gasteiger partial charge in [0.15, 0.2) is 0 Å². The number of sulfonamides is 1. The highest BCUT2D eigenvalue weighted by Crippen LogP contribution is 2.25. The molecule has 0 spiro atoms. The van der Waals surface area contributed by atoms with E-state index < -0.39 is 10.0 Å². The maximum atomic E-state index is 12.9. The van der Waals surface area contributed by atoms with Crippen molar-refractivity contribution in [3.05, 3.63) is 59.8 Å². The second-order valence-corrected chi connectivity index (χ2v) is 9.93. The number of hydrogen-bond acceptors (Lipinski definition) is 4. The summed E-state index contributed by atoms with van der Waals surface area (Å²) in [6, 6.07) is 14.3. The van der Waals surface area contributed by atoms with Crippen LogP contribution in [0.4, 0.5) is 0 Å². The number of rotatable bonds is 8. The van der Waals surface area contributed by atoms with Gasteiger partial charge in [0, 0.05) is 38.1 Å². The van der Waals surface area contributed by atoms with Crippen LogP contribution in [0.5, 0.6) is 5.75 Å². The normalized spacial score (nSPS) is 12.0. The van der Waals surface area contributed by atoms with Crippen LogP contribution in [-0.4, -0.2) is 43.4 Å². The molecule has 166 valence electrons. The van der Waals surface area contributed by atoms with Crippen molar-refractivity contribution in [3.63, 3.8) is 0 Å². The average Bonchev–Trinajstić information content (AvgIpc) is 3.10. The Morgan fingerprint density at radius 3 is 2.35 bits per heavy atom. The van der Waals surface area contributed by atoms with Gasteiger partial charge in [0.1, 0.15) is 11.4 Å². The molecule has 3 aromatic rings. The fourth-order valence-corrected chi connectivity index (χ4v) is 4.32. The molecule has 0 unspecified atom stereocenters. The van der Waals surface area contributed by atoms with Crippen molar-refractivity contribution < 1.29 is 17.9 Å². The van der Waals surface area contributed by atoms with E-state index in [4.69, 9.17) is 4.74 Å². The second-order valence-electron chi connectivity index (χ2n) is 7.78. The third-order valence-corrected chi connectivity index (χ3v) is 6.76. The molecule has 0 atom stereocenters. The van der Waals surface area contributed by atoms with E-state index in [1.165, 1.54) is 18.4 Å². The summed E-state index contributed by atoms with van der Waals surface area (Å²) in [5.41, 5.74) is 2.28. The summed E-state index contributed by atoms with van der Waals surface area (Å²) in [6.45, 7) is 6.87. The Morgan fingerprint density at radius 1 is 1.10 bits per heavy atom. The van der Waals surface area contributed by atoms with Gasteiger partial charge in [-0.15, -0.1) is 0 Å². The van der Waals surface area contributed by atoms with E-state index in [1.54, 1.807) is 24.3 Å². The molecular weight excluding hydrogens is 414 g/mol. The van der Waals surface area contributed by atoms with Crippen LogP contribution in [0.25, 0.3) is 10.9 Å². The summed E-state index contributed by atoms with van der Waals surface area (Å²) >= 11 is 0. The molecule has 0 fully saturated rings. The Kier molecular flexibility index (Phi) is 6.71. The molecule has 0 radical (unpaired) electrons. The molecule has 0 aliphatic carbocycles. The van der Waals surface area contributed by atoms with Gasteiger partial charge in [-0.1, -0.05) is 12.1 Å². The Balaban J connectivity index is 1.82. The predicted molar refractivity (Wildman–Crippen MR) is 122 cm³/mol. The van der Waals surface area contributed by atoms with E-state index >= 15 is 0 Å². The fraction of sp³-hybridized carbons (Fsp3) is 0.348. The van der Waals surface area contributed by atoms with E-state index in [0.717, 1.165) is 16.8 Å². The lowest BCUT2D eigenvalue weighted by molar-refractivity contribution is 0.0942. The van der Waals surface area contributed by atoms with E-state index in [9.17, 15) is 13.2 Å². The van der Waals surface area contributed by atoms with Crippen LogP contribution in [0.2, 0.25) is 0 Å². The number of carbonyl (C=O) groups excluding carboxylic acids is 1. The third-order valence-electron chi connectivity index (χ3n) is 4.95. The maximum absolute atomic E-state index is 12.9. The Bertz CT molecular complexity index is 1180. The lowest BCUT2D eigenvalue weighted by Gasteiger charge is -2.12. The van der Waals surface area contributed by atoms with Crippen molar-refractivity contribution >= 4 is 26.8 Å². The first-order chi connectivity index (χ1) is 14.6. The molecule has 0 aliphatic rings. The molecule has 1 N–H and O–H groups in total. The predicted octanol–water partition coefficient (Wildman–Crippen LogP) is 3.63. The Hall–Kier alpha value is -2.84. The molecule has 1 aromatic heterocycles. The zero-order valence-corrected chi connectivity index (χ0v) is 19.4. The van der Waals surface area contributed by atoms with Crippen molar-refractivity contribution in [2.75, 3.05) is 14.1 Å². The van der Waals surface area contributed by atoms with Crippen molar-refractivity contribution in [2.24, 2.45) is 0 Å². The molecule has 2 aromatic carbocycles. The van der Waals surface area contributed by atoms with Crippen LogP contribution < -0.4 is 10.1 Å². The summed E-state index contributed by atoms with van der Waals surface area (Å²) in [5.74, 6) is 0.581. The SMILES string of the molecule is CCn1c(C(=O)NCc2ccc(OC(C)C)cc2)cc2cc(S(=O)(=O)N(C)C)ccc21. The molecule has 0 bridgehead atoms. The van der Waals surface area contributed by atoms with Gasteiger partial charge in [-0.25, -0.2) is 12.7 Å². The number of aromatic nitrogens is 1. The summed E-state index contributed by atoms with van der Waals surface area (Å²) in [5, 5.41) is 3.66. The van der Waals surface area contributed by atoms with Crippen molar-refractivity contribution in [3.8, 4) is 5.75 Å². The van der Waals surface area contributed by atoms with Gasteiger partial charge in [-0.3, -0.25) is 4.79 Å². The first-order valence-corrected chi connectivity index (χ1v) is 11.7. The van der Waals surface area contributed by atoms with Gasteiger partial charge in [-0.05, 0) is 62.7 Å². The lowest BCUT2D eigenvalue weighted by atomic mass is 10.2. The Morgan fingerprint density at radius 2 is 1.77 bits per heavy atom. The number of ether oxygens (including phenoxy) is 1. The van der Waals surface area contributed by atoms with Crippen LogP contribution in [-0.2, 0) is 23.1 Å². The molecule has 31 heavy (non-hydrogen) atoms. The molecular formula is C23H29N3O4S. The number of benzene rings is 2. The largest absolute Gasteiger partial charge is 0.491 e. The summed E-state index contributed by atoms with van der Waals surface area (Å²) in [6.07, 6.45) is 0.106. The maximum Gasteiger partial charge on any atom is 0.268 e. The first kappa shape index (κ1) is 22.8. The summed E-state index contributed by atoms with van der Waals surface area (Å²) in [7, 11) is -0.549. The van der Waals surface area contributed by atoms with E-state index in [1.807, 2.05) is 49.6 Å². The second kappa shape index (κ2) is 9.11. The highest BCUT2D eigenvalue weighted by molar-refractivity contribution is 7.89. The monoisotopic (exact) mass is 443 g/mol. The number of nitrogens with zero attached hydrogens (tertiary/aromatic N) is 2. The van der Waals surface area contributed by atoms with Gasteiger partial charge in [0.25, 0.3) is 5.91 Å². The average molecular weight is 444 g/mol. The zero-order chi connectivity index (χ0) is 22.8. The standard InChI is InChI=1S/C23H29N3O4S/c1-6-26-21-12-11-20(31(28,29)25(4)5)13-18(21)14-22(26)23(27)24-15-17-7-9-19(10-8-17)30-16(2)3/h7-14,16H,6,15H2,1-5H3,(H,24,27). The number of amides is 1. The van der Waals surface area contributed by atoms with Crippen LogP contribution in [0, 0.1) is 0 Å². The van der Waals surface area contributed by atoms with Crippen LogP contribution in [0.15, 0.2) is 53.4 Å². The fourth-order valence-electron chi connectivity index (χ4n) is 3.38. The molecule has 7 nitrogen and oxygen atoms in total. The van der Waals surface area contributed by atoms with Gasteiger partial charge >= 0.3 is 0 Å². The number of nitrogens with one attached hydrogen (secondary N) is 1. The molecule has 1 amide bonds. The van der Waals surface area contributed by atoms with Crippen LogP contribution >= 0.6 is 0 Å². The summed E-state index contributed by atoms with van der Waals surface area (Å²) < 4.78 is 33.6. The smallest absolute Gasteiger partial charge is 0.268 e. The highest BCUT2D eigenvalue weighted by Gasteiger charge is 2.20. The van der Waals surface area contributed by atoms with Crippen molar-refractivity contribution in [1.29, 1.82) is 0 Å². The molecule has 1 heterocycles. The van der Waals surface area contributed by atoms with Crippen molar-refractivity contribution in [1.82, 2.24) is 14.2 Å². The number of fused-ring (bicyclic) bond motifs is 1. The summed E-state index contributed by atoms with van der Waals surface area (Å²) in [4.78, 5) is 13.1. The molecule has 3 rings (SSSR count). The number of hydrogen-bond donors (Lipinski definition) is 1. The number of aryl methyl sites for hydroxylation is 1. The van der Waals surface area contributed by atoms with E-state index in [2.05, 4.69) is 5.32 Å². The molecule has 8 heteroatoms. The minimum absolute atomic E-state index is 0.106. The number of carbonyl (C=O) groups is 1. The zero-order valence-electron chi connectivity index (χ0n) is 18.5. The van der Waals surface area contributed by atoms with Gasteiger partial charge < -0.3 is 14.6 Å². The molecule has 0 aliphatic heterocycles. The van der Waals surface area contributed by atoms with Crippen LogP contribution in [0.3, 0.4) is 0 Å². The van der Waals surface area contributed by atoms with Crippen LogP contribution in [0.1, 0.15) is 36.8 Å². The van der Waals surface area contributed by atoms with E-state index in [0.29, 0.717) is 24.2 Å². The Labute approximate surface area is 183 Å². The lowest BCUT2D eigenvalue weighted by Crippen LogP contribution is -2.25. The van der Waals surface area contributed by atoms with Gasteiger partial charge in [0.2, 0.25) is 10.0 Å². The molecule has 0 saturated heterocycles. The third kappa shape index (κ3) is 4.91. The quantitative estimate of drug-likeness (QED) is 0.577. The first-order valence-electron chi connectivity index (χ1n) is 10.2. The van der Waals surface area contributed by atoms with Gasteiger partial charge in [0.05, 0.1) is 11.0 Å².